The number of aliphatic hydroxyl groups is 1. The van der Waals surface area contributed by atoms with E-state index in [4.69, 9.17) is 9.47 Å². The van der Waals surface area contributed by atoms with Gasteiger partial charge >= 0.3 is 12.4 Å². The average molecular weight is 508 g/mol. The summed E-state index contributed by atoms with van der Waals surface area (Å²) in [5, 5.41) is 15.9. The molecule has 0 radical (unpaired) electrons. The Morgan fingerprint density at radius 3 is 2.54 bits per heavy atom. The number of halogens is 6. The van der Waals surface area contributed by atoms with Gasteiger partial charge in [-0.1, -0.05) is 0 Å². The molecule has 4 atom stereocenters. The van der Waals surface area contributed by atoms with Crippen molar-refractivity contribution in [2.75, 3.05) is 11.9 Å². The van der Waals surface area contributed by atoms with Crippen LogP contribution >= 0.6 is 0 Å². The van der Waals surface area contributed by atoms with Crippen LogP contribution in [0.3, 0.4) is 0 Å². The smallest absolute Gasteiger partial charge is 0.435 e. The molecule has 2 N–H and O–H groups in total. The lowest BCUT2D eigenvalue weighted by Crippen LogP contribution is -2.48. The first kappa shape index (κ1) is 25.2. The van der Waals surface area contributed by atoms with Crippen molar-refractivity contribution in [2.45, 2.75) is 56.9 Å². The summed E-state index contributed by atoms with van der Waals surface area (Å²) in [5.74, 6) is -1.72. The lowest BCUT2D eigenvalue weighted by Gasteiger charge is -2.35. The van der Waals surface area contributed by atoms with Crippen molar-refractivity contribution in [3.8, 4) is 5.88 Å². The molecule has 0 aliphatic carbocycles. The number of amides is 1. The zero-order valence-electron chi connectivity index (χ0n) is 18.6. The molecule has 4 rings (SSSR count). The van der Waals surface area contributed by atoms with Gasteiger partial charge in [0.05, 0.1) is 35.9 Å². The Morgan fingerprint density at radius 1 is 1.29 bits per heavy atom. The number of fused-ring (bicyclic) bond motifs is 2. The normalized spacial score (nSPS) is 26.3. The number of ether oxygens (including phenoxy) is 2. The maximum atomic E-state index is 13.6. The van der Waals surface area contributed by atoms with Crippen molar-refractivity contribution in [3.63, 3.8) is 0 Å². The highest BCUT2D eigenvalue weighted by atomic mass is 19.4. The van der Waals surface area contributed by atoms with E-state index < -0.39 is 65.5 Å². The van der Waals surface area contributed by atoms with Crippen molar-refractivity contribution in [1.29, 1.82) is 0 Å². The molecule has 2 aliphatic heterocycles. The maximum Gasteiger partial charge on any atom is 0.435 e. The largest absolute Gasteiger partial charge is 0.478 e. The minimum Gasteiger partial charge on any atom is -0.478 e. The van der Waals surface area contributed by atoms with E-state index in [1.807, 2.05) is 0 Å². The molecule has 2 saturated heterocycles. The van der Waals surface area contributed by atoms with Gasteiger partial charge in [0.15, 0.2) is 5.69 Å². The molecule has 35 heavy (non-hydrogen) atoms. The zero-order chi connectivity index (χ0) is 25.8. The van der Waals surface area contributed by atoms with Gasteiger partial charge in [0.25, 0.3) is 0 Å². The molecular weight excluding hydrogens is 486 g/mol. The van der Waals surface area contributed by atoms with Gasteiger partial charge in [-0.05, 0) is 25.8 Å². The Morgan fingerprint density at radius 2 is 2.00 bits per heavy atom. The van der Waals surface area contributed by atoms with Crippen LogP contribution in [0.2, 0.25) is 0 Å². The molecule has 0 aromatic carbocycles. The molecule has 1 amide bonds. The summed E-state index contributed by atoms with van der Waals surface area (Å²) >= 11 is 0. The number of aryl methyl sites for hydroxylation is 1. The Balaban J connectivity index is 1.71. The zero-order valence-corrected chi connectivity index (χ0v) is 18.6. The number of aromatic nitrogens is 3. The molecule has 192 valence electrons. The van der Waals surface area contributed by atoms with E-state index in [0.29, 0.717) is 12.1 Å². The predicted octanol–water partition coefficient (Wildman–Crippen LogP) is 3.34. The summed E-state index contributed by atoms with van der Waals surface area (Å²) in [5.41, 5.74) is -4.17. The monoisotopic (exact) mass is 508 g/mol. The fourth-order valence-electron chi connectivity index (χ4n) is 4.71. The molecule has 14 heteroatoms. The van der Waals surface area contributed by atoms with E-state index in [9.17, 15) is 36.2 Å². The van der Waals surface area contributed by atoms with Crippen molar-refractivity contribution < 1.29 is 45.7 Å². The van der Waals surface area contributed by atoms with Gasteiger partial charge in [0.1, 0.15) is 5.82 Å². The molecule has 4 heterocycles. The van der Waals surface area contributed by atoms with E-state index in [-0.39, 0.29) is 30.9 Å². The number of nitrogens with zero attached hydrogens (tertiary/aromatic N) is 3. The summed E-state index contributed by atoms with van der Waals surface area (Å²) in [4.78, 5) is 17.4. The van der Waals surface area contributed by atoms with Crippen LogP contribution in [-0.4, -0.2) is 50.7 Å². The molecule has 2 aliphatic rings. The first-order chi connectivity index (χ1) is 16.2. The first-order valence-corrected chi connectivity index (χ1v) is 10.7. The van der Waals surface area contributed by atoms with Gasteiger partial charge in [0.2, 0.25) is 11.8 Å². The number of hydrogen-bond acceptors (Lipinski definition) is 6. The van der Waals surface area contributed by atoms with E-state index >= 15 is 0 Å². The Labute approximate surface area is 195 Å². The number of nitrogens with one attached hydrogen (secondary N) is 1. The van der Waals surface area contributed by atoms with Crippen LogP contribution in [0.1, 0.15) is 36.6 Å². The van der Waals surface area contributed by atoms with Gasteiger partial charge in [0, 0.05) is 31.3 Å². The van der Waals surface area contributed by atoms with Crippen LogP contribution in [0.4, 0.5) is 32.2 Å². The standard InChI is InChI=1S/C21H22F6N4O4/c1-3-34-16-5-11(20(22,23)24)4-15(28-16)29-18(33)19(8-13-12(32)6-14(19)35-13)7-10-9-31(2)30-17(10)21(25,26)27/h4-5,9,12-14,32H,3,6-8H2,1-2H3,(H,28,29,33)/t12-,13+,14+,19-/m0/s1. The number of aliphatic hydroxyl groups excluding tert-OH is 1. The third kappa shape index (κ3) is 4.81. The molecule has 0 spiro atoms. The second-order valence-corrected chi connectivity index (χ2v) is 8.64. The van der Waals surface area contributed by atoms with E-state index in [1.54, 1.807) is 6.92 Å². The Hall–Kier alpha value is -2.87. The van der Waals surface area contributed by atoms with Gasteiger partial charge in [-0.3, -0.25) is 9.48 Å². The van der Waals surface area contributed by atoms with Crippen molar-refractivity contribution in [1.82, 2.24) is 14.8 Å². The second kappa shape index (κ2) is 8.66. The summed E-state index contributed by atoms with van der Waals surface area (Å²) in [6, 6.07) is 1.29. The number of anilines is 1. The molecular formula is C21H22F6N4O4. The third-order valence-electron chi connectivity index (χ3n) is 6.20. The Kier molecular flexibility index (Phi) is 6.24. The number of hydrogen-bond donors (Lipinski definition) is 2. The second-order valence-electron chi connectivity index (χ2n) is 8.64. The van der Waals surface area contributed by atoms with Gasteiger partial charge in [-0.15, -0.1) is 0 Å². The van der Waals surface area contributed by atoms with Crippen LogP contribution in [-0.2, 0) is 35.4 Å². The quantitative estimate of drug-likeness (QED) is 0.581. The molecule has 2 aromatic heterocycles. The highest BCUT2D eigenvalue weighted by molar-refractivity contribution is 5.96. The highest BCUT2D eigenvalue weighted by Gasteiger charge is 2.61. The Bertz CT molecular complexity index is 1120. The van der Waals surface area contributed by atoms with Gasteiger partial charge in [-0.25, -0.2) is 0 Å². The summed E-state index contributed by atoms with van der Waals surface area (Å²) < 4.78 is 92.4. The number of carbonyl (C=O) groups is 1. The minimum atomic E-state index is -4.79. The summed E-state index contributed by atoms with van der Waals surface area (Å²) in [6.07, 6.45) is -11.7. The first-order valence-electron chi connectivity index (χ1n) is 10.7. The molecule has 8 nitrogen and oxygen atoms in total. The van der Waals surface area contributed by atoms with E-state index in [0.717, 1.165) is 10.9 Å². The van der Waals surface area contributed by atoms with Crippen LogP contribution in [0.25, 0.3) is 0 Å². The number of rotatable bonds is 6. The molecule has 2 fully saturated rings. The molecule has 0 saturated carbocycles. The summed E-state index contributed by atoms with van der Waals surface area (Å²) in [7, 11) is 1.30. The van der Waals surface area contributed by atoms with Crippen LogP contribution in [0.15, 0.2) is 18.3 Å². The summed E-state index contributed by atoms with van der Waals surface area (Å²) in [6.45, 7) is 1.56. The maximum absolute atomic E-state index is 13.6. The minimum absolute atomic E-state index is 0.0140. The molecule has 2 bridgehead atoms. The van der Waals surface area contributed by atoms with Crippen molar-refractivity contribution >= 4 is 11.7 Å². The van der Waals surface area contributed by atoms with Gasteiger partial charge < -0.3 is 19.9 Å². The van der Waals surface area contributed by atoms with Crippen LogP contribution in [0.5, 0.6) is 5.88 Å². The topological polar surface area (TPSA) is 98.5 Å². The van der Waals surface area contributed by atoms with E-state index in [1.165, 1.54) is 7.05 Å². The SMILES string of the molecule is CCOc1cc(C(F)(F)F)cc(NC(=O)[C@@]2(Cc3cn(C)nc3C(F)(F)F)C[C@H]3O[C@@H]2C[C@@H]3O)n1. The average Bonchev–Trinajstić information content (AvgIpc) is 3.39. The fraction of sp³-hybridized carbons (Fsp3) is 0.571. The molecule has 2 aromatic rings. The predicted molar refractivity (Wildman–Crippen MR) is 107 cm³/mol. The molecule has 0 unspecified atom stereocenters. The lowest BCUT2D eigenvalue weighted by atomic mass is 9.68. The lowest BCUT2D eigenvalue weighted by molar-refractivity contribution is -0.143. The number of carbonyl (C=O) groups excluding carboxylic acids is 1. The van der Waals surface area contributed by atoms with Gasteiger partial charge in [-0.2, -0.15) is 36.4 Å². The van der Waals surface area contributed by atoms with Crippen molar-refractivity contribution in [2.24, 2.45) is 12.5 Å². The van der Waals surface area contributed by atoms with Crippen LogP contribution in [0, 0.1) is 5.41 Å². The van der Waals surface area contributed by atoms with Crippen molar-refractivity contribution in [3.05, 3.63) is 35.2 Å². The van der Waals surface area contributed by atoms with E-state index in [2.05, 4.69) is 15.4 Å². The third-order valence-corrected chi connectivity index (χ3v) is 6.20. The number of alkyl halides is 6. The highest BCUT2D eigenvalue weighted by Crippen LogP contribution is 2.51. The van der Waals surface area contributed by atoms with Crippen LogP contribution < -0.4 is 10.1 Å². The fourth-order valence-corrected chi connectivity index (χ4v) is 4.71. The number of pyridine rings is 1.